The second kappa shape index (κ2) is 8.61. The third-order valence-corrected chi connectivity index (χ3v) is 6.43. The van der Waals surface area contributed by atoms with Gasteiger partial charge in [0, 0.05) is 21.5 Å². The molecule has 0 radical (unpaired) electrons. The molecule has 0 spiro atoms. The van der Waals surface area contributed by atoms with Gasteiger partial charge in [0.1, 0.15) is 18.0 Å². The number of hydrogen-bond acceptors (Lipinski definition) is 4. The summed E-state index contributed by atoms with van der Waals surface area (Å²) in [6, 6.07) is 18.5. The van der Waals surface area contributed by atoms with Gasteiger partial charge in [-0.25, -0.2) is 13.8 Å². The zero-order valence-electron chi connectivity index (χ0n) is 17.4. The minimum Gasteiger partial charge on any atom is -0.493 e. The molecule has 6 nitrogen and oxygen atoms in total. The fourth-order valence-electron chi connectivity index (χ4n) is 3.86. The van der Waals surface area contributed by atoms with E-state index in [1.54, 1.807) is 24.3 Å². The Hall–Kier alpha value is -3.23. The van der Waals surface area contributed by atoms with Crippen molar-refractivity contribution in [3.05, 3.63) is 98.0 Å². The van der Waals surface area contributed by atoms with Crippen LogP contribution in [0.15, 0.2) is 91.2 Å². The van der Waals surface area contributed by atoms with E-state index in [4.69, 9.17) is 9.15 Å². The van der Waals surface area contributed by atoms with Crippen molar-refractivity contribution in [3.8, 4) is 17.0 Å². The molecule has 0 fully saturated rings. The van der Waals surface area contributed by atoms with Gasteiger partial charge < -0.3 is 9.15 Å². The molecule has 3 aromatic heterocycles. The second-order valence-corrected chi connectivity index (χ2v) is 9.30. The molecule has 5 rings (SSSR count). The van der Waals surface area contributed by atoms with Crippen molar-refractivity contribution in [1.82, 2.24) is 4.57 Å². The van der Waals surface area contributed by atoms with Crippen LogP contribution >= 0.6 is 31.9 Å². The lowest BCUT2D eigenvalue weighted by Gasteiger charge is -2.06. The van der Waals surface area contributed by atoms with Gasteiger partial charge in [0.25, 0.3) is 5.65 Å². The Kier molecular flexibility index (Phi) is 5.64. The minimum absolute atomic E-state index is 0.00136. The first kappa shape index (κ1) is 21.6. The highest BCUT2D eigenvalue weighted by atomic mass is 79.9. The first-order valence-corrected chi connectivity index (χ1v) is 11.6. The molecule has 33 heavy (non-hydrogen) atoms. The number of Topliss-reactive ketones (excluding diaryl/α,β-unsaturated/α-hetero) is 1. The number of carbonyl (C=O) groups is 1. The zero-order chi connectivity index (χ0) is 23.1. The third-order valence-electron chi connectivity index (χ3n) is 5.43. The van der Waals surface area contributed by atoms with Gasteiger partial charge in [-0.1, -0.05) is 28.1 Å². The van der Waals surface area contributed by atoms with E-state index in [9.17, 15) is 9.59 Å². The van der Waals surface area contributed by atoms with Crippen molar-refractivity contribution in [3.63, 3.8) is 0 Å². The average molecular weight is 569 g/mol. The Morgan fingerprint density at radius 3 is 2.55 bits per heavy atom. The van der Waals surface area contributed by atoms with Gasteiger partial charge >= 0.3 is 5.63 Å². The van der Waals surface area contributed by atoms with E-state index in [0.29, 0.717) is 16.7 Å². The van der Waals surface area contributed by atoms with E-state index in [-0.39, 0.29) is 17.9 Å². The number of pyridine rings is 1. The molecule has 5 aromatic rings. The Balaban J connectivity index is 1.62. The number of methoxy groups -OCH3 is 1. The fraction of sp³-hybridized carbons (Fsp3) is 0.0800. The van der Waals surface area contributed by atoms with Crippen LogP contribution in [-0.4, -0.2) is 17.5 Å². The van der Waals surface area contributed by atoms with E-state index in [0.717, 1.165) is 25.8 Å². The summed E-state index contributed by atoms with van der Waals surface area (Å²) >= 11 is 6.96. The van der Waals surface area contributed by atoms with Crippen LogP contribution in [0, 0.1) is 0 Å². The van der Waals surface area contributed by atoms with Crippen LogP contribution in [0.1, 0.15) is 10.4 Å². The number of benzene rings is 2. The SMILES string of the molecule is COc1cccc2cc(C(=O)Cn3c(-c4ccc(Br)cc4)c[n+]4cc(Br)ccc34)c(=O)oc12. The summed E-state index contributed by atoms with van der Waals surface area (Å²) in [5, 5.41) is 0.626. The molecule has 8 heteroatoms. The predicted molar refractivity (Wildman–Crippen MR) is 132 cm³/mol. The van der Waals surface area contributed by atoms with Crippen molar-refractivity contribution < 1.29 is 18.3 Å². The third kappa shape index (κ3) is 4.00. The van der Waals surface area contributed by atoms with Crippen molar-refractivity contribution in [2.45, 2.75) is 6.54 Å². The largest absolute Gasteiger partial charge is 0.493 e. The molecule has 0 saturated carbocycles. The smallest absolute Gasteiger partial charge is 0.347 e. The van der Waals surface area contributed by atoms with Gasteiger partial charge in [-0.15, -0.1) is 0 Å². The molecular weight excluding hydrogens is 552 g/mol. The first-order valence-electron chi connectivity index (χ1n) is 10.0. The topological polar surface area (TPSA) is 65.5 Å². The summed E-state index contributed by atoms with van der Waals surface area (Å²) in [6.07, 6.45) is 3.89. The number of nitrogens with zero attached hydrogens (tertiary/aromatic N) is 2. The lowest BCUT2D eigenvalue weighted by Crippen LogP contribution is -2.22. The van der Waals surface area contributed by atoms with Gasteiger partial charge in [0.15, 0.2) is 23.6 Å². The van der Waals surface area contributed by atoms with Crippen LogP contribution in [0.25, 0.3) is 27.9 Å². The summed E-state index contributed by atoms with van der Waals surface area (Å²) in [5.41, 5.74) is 2.25. The lowest BCUT2D eigenvalue weighted by molar-refractivity contribution is -0.511. The van der Waals surface area contributed by atoms with Gasteiger partial charge in [-0.3, -0.25) is 4.79 Å². The van der Waals surface area contributed by atoms with Gasteiger partial charge in [-0.05, 0) is 58.4 Å². The molecule has 0 bridgehead atoms. The van der Waals surface area contributed by atoms with Crippen LogP contribution in [0.4, 0.5) is 0 Å². The van der Waals surface area contributed by atoms with E-state index >= 15 is 0 Å². The molecule has 0 aliphatic rings. The predicted octanol–water partition coefficient (Wildman–Crippen LogP) is 5.42. The van der Waals surface area contributed by atoms with Crippen molar-refractivity contribution in [1.29, 1.82) is 0 Å². The fourth-order valence-corrected chi connectivity index (χ4v) is 4.48. The molecule has 0 saturated heterocycles. The highest BCUT2D eigenvalue weighted by Gasteiger charge is 2.24. The monoisotopic (exact) mass is 567 g/mol. The Labute approximate surface area is 205 Å². The number of para-hydroxylation sites is 1. The highest BCUT2D eigenvalue weighted by Crippen LogP contribution is 2.26. The van der Waals surface area contributed by atoms with Gasteiger partial charge in [0.2, 0.25) is 5.78 Å². The second-order valence-electron chi connectivity index (χ2n) is 7.47. The normalized spacial score (nSPS) is 11.2. The van der Waals surface area contributed by atoms with Crippen LogP contribution in [0.2, 0.25) is 0 Å². The number of hydrogen-bond donors (Lipinski definition) is 0. The van der Waals surface area contributed by atoms with E-state index in [1.807, 2.05) is 57.8 Å². The standard InChI is InChI=1S/C25H17Br2N2O4/c1-32-22-4-2-3-16-11-19(25(31)33-24(16)22)21(30)14-29-20(15-5-7-17(26)8-6-15)13-28-12-18(27)9-10-23(28)29/h2-13H,14H2,1H3/q+1. The quantitative estimate of drug-likeness (QED) is 0.161. The number of ether oxygens (including phenoxy) is 1. The van der Waals surface area contributed by atoms with Gasteiger partial charge in [0.05, 0.1) is 11.6 Å². The molecule has 0 atom stereocenters. The van der Waals surface area contributed by atoms with Crippen LogP contribution < -0.4 is 14.8 Å². The molecule has 0 aliphatic carbocycles. The van der Waals surface area contributed by atoms with Crippen LogP contribution in [-0.2, 0) is 6.54 Å². The van der Waals surface area contributed by atoms with Crippen LogP contribution in [0.3, 0.4) is 0 Å². The number of halogens is 2. The lowest BCUT2D eigenvalue weighted by atomic mass is 10.1. The van der Waals surface area contributed by atoms with Crippen molar-refractivity contribution in [2.75, 3.05) is 7.11 Å². The molecule has 0 N–H and O–H groups in total. The number of aromatic nitrogens is 2. The zero-order valence-corrected chi connectivity index (χ0v) is 20.6. The number of ketones is 1. The molecule has 0 amide bonds. The summed E-state index contributed by atoms with van der Waals surface area (Å²) in [6.45, 7) is -0.0240. The van der Waals surface area contributed by atoms with Crippen molar-refractivity contribution in [2.24, 2.45) is 0 Å². The minimum atomic E-state index is -0.686. The van der Waals surface area contributed by atoms with E-state index < -0.39 is 5.63 Å². The maximum absolute atomic E-state index is 13.3. The number of rotatable bonds is 5. The molecule has 0 unspecified atom stereocenters. The molecule has 2 aromatic carbocycles. The maximum atomic E-state index is 13.3. The molecule has 164 valence electrons. The first-order chi connectivity index (χ1) is 15.9. The van der Waals surface area contributed by atoms with Gasteiger partial charge in [-0.2, -0.15) is 0 Å². The van der Waals surface area contributed by atoms with Crippen molar-refractivity contribution >= 4 is 54.3 Å². The summed E-state index contributed by atoms with van der Waals surface area (Å²) in [4.78, 5) is 26.0. The number of imidazole rings is 1. The molecule has 0 aliphatic heterocycles. The number of fused-ring (bicyclic) bond motifs is 2. The average Bonchev–Trinajstić information content (AvgIpc) is 3.15. The summed E-state index contributed by atoms with van der Waals surface area (Å²) in [5.74, 6) is 0.104. The van der Waals surface area contributed by atoms with E-state index in [1.165, 1.54) is 7.11 Å². The Morgan fingerprint density at radius 1 is 1.03 bits per heavy atom. The molecule has 3 heterocycles. The number of carbonyl (C=O) groups excluding carboxylic acids is 1. The Bertz CT molecular complexity index is 1590. The van der Waals surface area contributed by atoms with Crippen LogP contribution in [0.5, 0.6) is 5.75 Å². The molecular formula is C25H17Br2N2O4+. The summed E-state index contributed by atoms with van der Waals surface area (Å²) in [7, 11) is 1.50. The summed E-state index contributed by atoms with van der Waals surface area (Å²) < 4.78 is 16.4. The highest BCUT2D eigenvalue weighted by molar-refractivity contribution is 9.10. The maximum Gasteiger partial charge on any atom is 0.347 e. The Morgan fingerprint density at radius 2 is 1.79 bits per heavy atom. The van der Waals surface area contributed by atoms with E-state index in [2.05, 4.69) is 31.9 Å².